The van der Waals surface area contributed by atoms with Crippen molar-refractivity contribution in [2.45, 2.75) is 64.1 Å². The monoisotopic (exact) mass is 332 g/mol. The van der Waals surface area contributed by atoms with Crippen molar-refractivity contribution < 1.29 is 14.3 Å². The maximum absolute atomic E-state index is 12.2. The Hall–Kier alpha value is -1.88. The first kappa shape index (κ1) is 18.5. The molecule has 1 saturated carbocycles. The van der Waals surface area contributed by atoms with E-state index in [1.165, 1.54) is 0 Å². The van der Waals surface area contributed by atoms with Crippen molar-refractivity contribution in [3.05, 3.63) is 35.9 Å². The molecule has 0 aliphatic heterocycles. The number of ether oxygens (including phenoxy) is 1. The summed E-state index contributed by atoms with van der Waals surface area (Å²) in [6, 6.07) is 9.64. The lowest BCUT2D eigenvalue weighted by atomic mass is 9.91. The van der Waals surface area contributed by atoms with Crippen LogP contribution in [0.15, 0.2) is 30.3 Å². The zero-order chi connectivity index (χ0) is 17.6. The van der Waals surface area contributed by atoms with Crippen molar-refractivity contribution >= 4 is 11.9 Å². The molecule has 2 rings (SSSR count). The standard InChI is InChI=1S/C19H28N2O3/c1-19(2,3)24-18(23)21-16-11-7-10-15(12-16)20-13-17(22)14-8-5-4-6-9-14/h4-6,8-9,15-16,20H,7,10-13H2,1-3H3,(H,21,23)/t15-,16+/m1/s1. The molecule has 5 heteroatoms. The molecule has 1 aromatic rings. The summed E-state index contributed by atoms with van der Waals surface area (Å²) in [6.45, 7) is 5.89. The van der Waals surface area contributed by atoms with Crippen LogP contribution in [0, 0.1) is 0 Å². The van der Waals surface area contributed by atoms with Crippen molar-refractivity contribution in [3.8, 4) is 0 Å². The lowest BCUT2D eigenvalue weighted by Gasteiger charge is -2.31. The van der Waals surface area contributed by atoms with Gasteiger partial charge in [0.2, 0.25) is 0 Å². The first-order chi connectivity index (χ1) is 11.3. The molecule has 2 atom stereocenters. The van der Waals surface area contributed by atoms with E-state index in [0.717, 1.165) is 31.2 Å². The zero-order valence-corrected chi connectivity index (χ0v) is 14.8. The Kier molecular flexibility index (Phi) is 6.37. The Morgan fingerprint density at radius 1 is 1.12 bits per heavy atom. The van der Waals surface area contributed by atoms with Gasteiger partial charge >= 0.3 is 6.09 Å². The fraction of sp³-hybridized carbons (Fsp3) is 0.579. The van der Waals surface area contributed by atoms with E-state index in [9.17, 15) is 9.59 Å². The highest BCUT2D eigenvalue weighted by atomic mass is 16.6. The van der Waals surface area contributed by atoms with Crippen LogP contribution in [0.5, 0.6) is 0 Å². The summed E-state index contributed by atoms with van der Waals surface area (Å²) in [6.07, 6.45) is 3.45. The summed E-state index contributed by atoms with van der Waals surface area (Å²) in [7, 11) is 0. The summed E-state index contributed by atoms with van der Waals surface area (Å²) in [4.78, 5) is 24.0. The van der Waals surface area contributed by atoms with E-state index < -0.39 is 5.60 Å². The molecule has 0 saturated heterocycles. The fourth-order valence-electron chi connectivity index (χ4n) is 2.94. The number of rotatable bonds is 5. The van der Waals surface area contributed by atoms with Gasteiger partial charge in [0, 0.05) is 17.6 Å². The van der Waals surface area contributed by atoms with Crippen molar-refractivity contribution in [1.29, 1.82) is 0 Å². The summed E-state index contributed by atoms with van der Waals surface area (Å²) in [5, 5.41) is 6.27. The average Bonchev–Trinajstić information content (AvgIpc) is 2.52. The van der Waals surface area contributed by atoms with Crippen LogP contribution in [0.3, 0.4) is 0 Å². The molecule has 0 heterocycles. The van der Waals surface area contributed by atoms with Crippen molar-refractivity contribution in [2.75, 3.05) is 6.54 Å². The molecule has 1 aliphatic carbocycles. The van der Waals surface area contributed by atoms with Crippen LogP contribution in [0.2, 0.25) is 0 Å². The molecule has 1 fully saturated rings. The van der Waals surface area contributed by atoms with E-state index in [1.807, 2.05) is 51.1 Å². The fourth-order valence-corrected chi connectivity index (χ4v) is 2.94. The number of carbonyl (C=O) groups is 2. The third-order valence-corrected chi connectivity index (χ3v) is 4.04. The summed E-state index contributed by atoms with van der Waals surface area (Å²) >= 11 is 0. The van der Waals surface area contributed by atoms with Gasteiger partial charge in [0.25, 0.3) is 0 Å². The smallest absolute Gasteiger partial charge is 0.407 e. The Balaban J connectivity index is 1.77. The molecule has 24 heavy (non-hydrogen) atoms. The molecule has 0 bridgehead atoms. The van der Waals surface area contributed by atoms with Crippen LogP contribution in [0.1, 0.15) is 56.8 Å². The average molecular weight is 332 g/mol. The van der Waals surface area contributed by atoms with Crippen LogP contribution in [0.4, 0.5) is 4.79 Å². The maximum Gasteiger partial charge on any atom is 0.407 e. The lowest BCUT2D eigenvalue weighted by molar-refractivity contribution is 0.0488. The quantitative estimate of drug-likeness (QED) is 0.812. The largest absolute Gasteiger partial charge is 0.444 e. The second-order valence-electron chi connectivity index (χ2n) is 7.38. The highest BCUT2D eigenvalue weighted by molar-refractivity contribution is 5.97. The molecule has 0 unspecified atom stereocenters. The van der Waals surface area contributed by atoms with Gasteiger partial charge in [-0.1, -0.05) is 30.3 Å². The number of benzene rings is 1. The normalized spacial score (nSPS) is 21.1. The van der Waals surface area contributed by atoms with E-state index >= 15 is 0 Å². The van der Waals surface area contributed by atoms with E-state index in [1.54, 1.807) is 0 Å². The number of ketones is 1. The van der Waals surface area contributed by atoms with Crippen LogP contribution >= 0.6 is 0 Å². The minimum Gasteiger partial charge on any atom is -0.444 e. The molecule has 1 aromatic carbocycles. The van der Waals surface area contributed by atoms with Gasteiger partial charge in [-0.25, -0.2) is 4.79 Å². The third-order valence-electron chi connectivity index (χ3n) is 4.04. The summed E-state index contributed by atoms with van der Waals surface area (Å²) < 4.78 is 5.31. The molecule has 5 nitrogen and oxygen atoms in total. The topological polar surface area (TPSA) is 67.4 Å². The van der Waals surface area contributed by atoms with Gasteiger partial charge < -0.3 is 15.4 Å². The Morgan fingerprint density at radius 3 is 2.46 bits per heavy atom. The van der Waals surface area contributed by atoms with Crippen LogP contribution in [0.25, 0.3) is 0 Å². The highest BCUT2D eigenvalue weighted by Crippen LogP contribution is 2.19. The predicted octanol–water partition coefficient (Wildman–Crippen LogP) is 3.29. The Bertz CT molecular complexity index is 551. The first-order valence-electron chi connectivity index (χ1n) is 8.64. The first-order valence-corrected chi connectivity index (χ1v) is 8.64. The SMILES string of the molecule is CC(C)(C)OC(=O)N[C@H]1CCC[C@@H](NCC(=O)c2ccccc2)C1. The lowest BCUT2D eigenvalue weighted by Crippen LogP contribution is -2.46. The van der Waals surface area contributed by atoms with Gasteiger partial charge in [0.05, 0.1) is 6.54 Å². The van der Waals surface area contributed by atoms with E-state index in [0.29, 0.717) is 6.54 Å². The van der Waals surface area contributed by atoms with E-state index in [4.69, 9.17) is 4.74 Å². The van der Waals surface area contributed by atoms with Crippen LogP contribution < -0.4 is 10.6 Å². The molecule has 0 radical (unpaired) electrons. The molecule has 1 aliphatic rings. The predicted molar refractivity (Wildman–Crippen MR) is 94.2 cm³/mol. The second kappa shape index (κ2) is 8.29. The zero-order valence-electron chi connectivity index (χ0n) is 14.8. The van der Waals surface area contributed by atoms with Crippen LogP contribution in [-0.4, -0.2) is 36.1 Å². The van der Waals surface area contributed by atoms with Gasteiger partial charge in [-0.15, -0.1) is 0 Å². The number of amides is 1. The minimum absolute atomic E-state index is 0.0952. The van der Waals surface area contributed by atoms with Gasteiger partial charge in [0.1, 0.15) is 5.60 Å². The van der Waals surface area contributed by atoms with E-state index in [2.05, 4.69) is 10.6 Å². The Labute approximate surface area is 144 Å². The van der Waals surface area contributed by atoms with Gasteiger partial charge in [0.15, 0.2) is 5.78 Å². The number of hydrogen-bond acceptors (Lipinski definition) is 4. The number of carbonyl (C=O) groups excluding carboxylic acids is 2. The van der Waals surface area contributed by atoms with Crippen LogP contribution in [-0.2, 0) is 4.74 Å². The number of nitrogens with one attached hydrogen (secondary N) is 2. The highest BCUT2D eigenvalue weighted by Gasteiger charge is 2.25. The molecular weight excluding hydrogens is 304 g/mol. The minimum atomic E-state index is -0.488. The van der Waals surface area contributed by atoms with Crippen molar-refractivity contribution in [3.63, 3.8) is 0 Å². The number of Topliss-reactive ketones (excluding diaryl/α,β-unsaturated/α-hetero) is 1. The Morgan fingerprint density at radius 2 is 1.79 bits per heavy atom. The van der Waals surface area contributed by atoms with Gasteiger partial charge in [-0.2, -0.15) is 0 Å². The molecular formula is C19H28N2O3. The van der Waals surface area contributed by atoms with Crippen molar-refractivity contribution in [1.82, 2.24) is 10.6 Å². The van der Waals surface area contributed by atoms with Gasteiger partial charge in [-0.3, -0.25) is 4.79 Å². The summed E-state index contributed by atoms with van der Waals surface area (Å²) in [5.74, 6) is 0.0952. The number of hydrogen-bond donors (Lipinski definition) is 2. The molecule has 1 amide bonds. The molecule has 0 spiro atoms. The molecule has 2 N–H and O–H groups in total. The number of alkyl carbamates (subject to hydrolysis) is 1. The van der Waals surface area contributed by atoms with E-state index in [-0.39, 0.29) is 24.0 Å². The maximum atomic E-state index is 12.2. The summed E-state index contributed by atoms with van der Waals surface area (Å²) in [5.41, 5.74) is 0.239. The molecule has 0 aromatic heterocycles. The molecule has 132 valence electrons. The van der Waals surface area contributed by atoms with Crippen molar-refractivity contribution in [2.24, 2.45) is 0 Å². The van der Waals surface area contributed by atoms with Gasteiger partial charge in [-0.05, 0) is 46.5 Å². The second-order valence-corrected chi connectivity index (χ2v) is 7.38. The third kappa shape index (κ3) is 6.32.